The minimum Gasteiger partial charge on any atom is -0.365 e. The first-order valence-corrected chi connectivity index (χ1v) is 5.89. The van der Waals surface area contributed by atoms with E-state index >= 15 is 0 Å². The van der Waals surface area contributed by atoms with E-state index in [1.54, 1.807) is 4.68 Å². The summed E-state index contributed by atoms with van der Waals surface area (Å²) in [7, 11) is 1.89. The third-order valence-corrected chi connectivity index (χ3v) is 3.49. The van der Waals surface area contributed by atoms with E-state index in [2.05, 4.69) is 22.3 Å². The van der Waals surface area contributed by atoms with Gasteiger partial charge >= 0.3 is 0 Å². The predicted octanol–water partition coefficient (Wildman–Crippen LogP) is 0.0149. The van der Waals surface area contributed by atoms with E-state index in [0.717, 1.165) is 25.1 Å². The highest BCUT2D eigenvalue weighted by Gasteiger charge is 2.33. The predicted molar refractivity (Wildman–Crippen MR) is 65.1 cm³/mol. The first-order chi connectivity index (χ1) is 8.13. The van der Waals surface area contributed by atoms with Crippen LogP contribution in [0.25, 0.3) is 0 Å². The number of amides is 1. The average Bonchev–Trinajstić information content (AvgIpc) is 2.75. The van der Waals surface area contributed by atoms with Crippen molar-refractivity contribution in [3.8, 4) is 0 Å². The van der Waals surface area contributed by atoms with Gasteiger partial charge in [0.1, 0.15) is 0 Å². The van der Waals surface area contributed by atoms with E-state index < -0.39 is 0 Å². The van der Waals surface area contributed by atoms with Gasteiger partial charge in [-0.2, -0.15) is 5.10 Å². The summed E-state index contributed by atoms with van der Waals surface area (Å²) in [6, 6.07) is 0.150. The molecule has 1 aromatic rings. The number of carbonyl (C=O) groups is 1. The Hall–Kier alpha value is -1.56. The molecule has 0 unspecified atom stereocenters. The van der Waals surface area contributed by atoms with Crippen molar-refractivity contribution in [1.29, 1.82) is 0 Å². The summed E-state index contributed by atoms with van der Waals surface area (Å²) >= 11 is 0. The minimum absolute atomic E-state index is 0.0473. The zero-order valence-electron chi connectivity index (χ0n) is 10.3. The van der Waals surface area contributed by atoms with Crippen molar-refractivity contribution in [3.05, 3.63) is 12.4 Å². The standard InChI is InChI=1S/C11H19N5O/c1-8-10(11(17)14-12)4-3-5-16(8)9-6-13-15(2)7-9/h6-8,10H,3-5,12H2,1-2H3,(H,14,17)/t8-,10-/m0/s1. The summed E-state index contributed by atoms with van der Waals surface area (Å²) in [5.74, 6) is 5.09. The fourth-order valence-corrected chi connectivity index (χ4v) is 2.52. The highest BCUT2D eigenvalue weighted by Crippen LogP contribution is 2.28. The fourth-order valence-electron chi connectivity index (χ4n) is 2.52. The second kappa shape index (κ2) is 4.75. The van der Waals surface area contributed by atoms with Crippen molar-refractivity contribution in [2.75, 3.05) is 11.4 Å². The molecule has 0 saturated carbocycles. The van der Waals surface area contributed by atoms with Crippen molar-refractivity contribution in [2.24, 2.45) is 18.8 Å². The Kier molecular flexibility index (Phi) is 3.33. The van der Waals surface area contributed by atoms with E-state index in [1.807, 2.05) is 19.4 Å². The third-order valence-electron chi connectivity index (χ3n) is 3.49. The number of hydrogen-bond acceptors (Lipinski definition) is 4. The molecule has 0 spiro atoms. The molecule has 1 aliphatic heterocycles. The van der Waals surface area contributed by atoms with Gasteiger partial charge in [-0.15, -0.1) is 0 Å². The first kappa shape index (κ1) is 11.9. The zero-order valence-corrected chi connectivity index (χ0v) is 10.3. The van der Waals surface area contributed by atoms with Crippen molar-refractivity contribution in [2.45, 2.75) is 25.8 Å². The molecule has 1 amide bonds. The Morgan fingerprint density at radius 1 is 1.65 bits per heavy atom. The summed E-state index contributed by atoms with van der Waals surface area (Å²) in [4.78, 5) is 13.9. The largest absolute Gasteiger partial charge is 0.365 e. The lowest BCUT2D eigenvalue weighted by Gasteiger charge is -2.39. The molecule has 2 heterocycles. The van der Waals surface area contributed by atoms with Crippen LogP contribution in [0.1, 0.15) is 19.8 Å². The average molecular weight is 237 g/mol. The molecule has 17 heavy (non-hydrogen) atoms. The zero-order chi connectivity index (χ0) is 12.4. The molecule has 0 aliphatic carbocycles. The van der Waals surface area contributed by atoms with Crippen LogP contribution < -0.4 is 16.2 Å². The summed E-state index contributed by atoms with van der Waals surface area (Å²) in [5, 5.41) is 4.17. The Morgan fingerprint density at radius 3 is 3.00 bits per heavy atom. The van der Waals surface area contributed by atoms with Gasteiger partial charge in [0.05, 0.1) is 17.8 Å². The maximum atomic E-state index is 11.7. The van der Waals surface area contributed by atoms with Crippen molar-refractivity contribution < 1.29 is 4.79 Å². The van der Waals surface area contributed by atoms with Crippen LogP contribution in [0.15, 0.2) is 12.4 Å². The highest BCUT2D eigenvalue weighted by atomic mass is 16.2. The molecule has 0 bridgehead atoms. The van der Waals surface area contributed by atoms with Crippen molar-refractivity contribution in [1.82, 2.24) is 15.2 Å². The van der Waals surface area contributed by atoms with Crippen LogP contribution in [-0.4, -0.2) is 28.3 Å². The van der Waals surface area contributed by atoms with Crippen LogP contribution in [0.2, 0.25) is 0 Å². The number of hydrazine groups is 1. The molecule has 1 aliphatic rings. The van der Waals surface area contributed by atoms with Crippen LogP contribution in [0.5, 0.6) is 0 Å². The Balaban J connectivity index is 2.16. The molecule has 6 nitrogen and oxygen atoms in total. The molecule has 2 atom stereocenters. The molecule has 3 N–H and O–H groups in total. The maximum absolute atomic E-state index is 11.7. The van der Waals surface area contributed by atoms with E-state index in [1.165, 1.54) is 0 Å². The molecule has 1 fully saturated rings. The number of aromatic nitrogens is 2. The van der Waals surface area contributed by atoms with Gasteiger partial charge in [-0.3, -0.25) is 14.9 Å². The first-order valence-electron chi connectivity index (χ1n) is 5.89. The van der Waals surface area contributed by atoms with Gasteiger partial charge in [0.25, 0.3) is 0 Å². The molecule has 0 radical (unpaired) electrons. The highest BCUT2D eigenvalue weighted by molar-refractivity contribution is 5.79. The van der Waals surface area contributed by atoms with Crippen LogP contribution in [-0.2, 0) is 11.8 Å². The number of anilines is 1. The number of nitrogens with one attached hydrogen (secondary N) is 1. The Labute approximate surface area is 101 Å². The molecule has 6 heteroatoms. The molecule has 0 aromatic carbocycles. The van der Waals surface area contributed by atoms with Crippen LogP contribution >= 0.6 is 0 Å². The van der Waals surface area contributed by atoms with E-state index in [9.17, 15) is 4.79 Å². The van der Waals surface area contributed by atoms with Crippen molar-refractivity contribution >= 4 is 11.6 Å². The molecule has 1 saturated heterocycles. The SMILES string of the molecule is C[C@H]1[C@@H](C(=O)NN)CCCN1c1cnn(C)c1. The van der Waals surface area contributed by atoms with E-state index in [0.29, 0.717) is 0 Å². The van der Waals surface area contributed by atoms with Gasteiger partial charge in [-0.1, -0.05) is 0 Å². The van der Waals surface area contributed by atoms with Gasteiger partial charge in [-0.05, 0) is 19.8 Å². The van der Waals surface area contributed by atoms with Crippen LogP contribution in [0.4, 0.5) is 5.69 Å². The second-order valence-electron chi connectivity index (χ2n) is 4.56. The van der Waals surface area contributed by atoms with Crippen molar-refractivity contribution in [3.63, 3.8) is 0 Å². The number of rotatable bonds is 2. The summed E-state index contributed by atoms with van der Waals surface area (Å²) < 4.78 is 1.77. The second-order valence-corrected chi connectivity index (χ2v) is 4.56. The number of piperidine rings is 1. The molecular formula is C11H19N5O. The quantitative estimate of drug-likeness (QED) is 0.432. The summed E-state index contributed by atoms with van der Waals surface area (Å²) in [6.45, 7) is 3.02. The van der Waals surface area contributed by atoms with Crippen LogP contribution in [0.3, 0.4) is 0 Å². The monoisotopic (exact) mass is 237 g/mol. The van der Waals surface area contributed by atoms with Gasteiger partial charge in [0.2, 0.25) is 5.91 Å². The van der Waals surface area contributed by atoms with Gasteiger partial charge < -0.3 is 4.90 Å². The molecule has 94 valence electrons. The molecule has 2 rings (SSSR count). The topological polar surface area (TPSA) is 76.2 Å². The third kappa shape index (κ3) is 2.26. The van der Waals surface area contributed by atoms with Crippen LogP contribution in [0, 0.1) is 5.92 Å². The summed E-state index contributed by atoms with van der Waals surface area (Å²) in [5.41, 5.74) is 3.32. The van der Waals surface area contributed by atoms with Gasteiger partial charge in [0, 0.05) is 25.8 Å². The number of hydrogen-bond donors (Lipinski definition) is 2. The number of nitrogens with two attached hydrogens (primary N) is 1. The minimum atomic E-state index is -0.0777. The maximum Gasteiger partial charge on any atom is 0.239 e. The number of aryl methyl sites for hydroxylation is 1. The van der Waals surface area contributed by atoms with Gasteiger partial charge in [-0.25, -0.2) is 5.84 Å². The normalized spacial score (nSPS) is 24.8. The smallest absolute Gasteiger partial charge is 0.239 e. The van der Waals surface area contributed by atoms with E-state index in [4.69, 9.17) is 5.84 Å². The van der Waals surface area contributed by atoms with E-state index in [-0.39, 0.29) is 17.9 Å². The molecular weight excluding hydrogens is 218 g/mol. The number of nitrogens with zero attached hydrogens (tertiary/aromatic N) is 3. The Bertz CT molecular complexity index is 402. The Morgan fingerprint density at radius 2 is 2.41 bits per heavy atom. The lowest BCUT2D eigenvalue weighted by atomic mass is 9.89. The summed E-state index contributed by atoms with van der Waals surface area (Å²) in [6.07, 6.45) is 5.69. The van der Waals surface area contributed by atoms with Gasteiger partial charge in [0.15, 0.2) is 0 Å². The fraction of sp³-hybridized carbons (Fsp3) is 0.636. The molecule has 1 aromatic heterocycles. The lowest BCUT2D eigenvalue weighted by Crippen LogP contribution is -2.50. The number of carbonyl (C=O) groups excluding carboxylic acids is 1. The lowest BCUT2D eigenvalue weighted by molar-refractivity contribution is -0.126.